The Kier molecular flexibility index (Phi) is 5.48. The van der Waals surface area contributed by atoms with Gasteiger partial charge in [0.05, 0.1) is 12.7 Å². The van der Waals surface area contributed by atoms with Gasteiger partial charge in [-0.25, -0.2) is 9.18 Å². The van der Waals surface area contributed by atoms with Crippen LogP contribution in [-0.4, -0.2) is 30.6 Å². The van der Waals surface area contributed by atoms with Crippen molar-refractivity contribution < 1.29 is 23.5 Å². The van der Waals surface area contributed by atoms with Crippen molar-refractivity contribution >= 4 is 11.8 Å². The molecule has 0 radical (unpaired) electrons. The highest BCUT2D eigenvalue weighted by atomic mass is 19.1. The van der Waals surface area contributed by atoms with E-state index in [9.17, 15) is 14.0 Å². The Bertz CT molecular complexity index is 439. The summed E-state index contributed by atoms with van der Waals surface area (Å²) in [6, 6.07) is 5.94. The molecule has 1 atom stereocenters. The largest absolute Gasteiger partial charge is 0.494 e. The van der Waals surface area contributed by atoms with E-state index in [-0.39, 0.29) is 5.56 Å². The van der Waals surface area contributed by atoms with Gasteiger partial charge in [0.15, 0.2) is 0 Å². The number of Topliss-reactive ketones (excluding diaryl/α,β-unsaturated/α-hetero) is 1. The van der Waals surface area contributed by atoms with Gasteiger partial charge in [-0.15, -0.1) is 0 Å². The Balaban J connectivity index is 2.73. The van der Waals surface area contributed by atoms with Crippen LogP contribution in [-0.2, 0) is 9.53 Å². The second-order valence-corrected chi connectivity index (χ2v) is 4.17. The van der Waals surface area contributed by atoms with Crippen LogP contribution in [0.2, 0.25) is 0 Å². The summed E-state index contributed by atoms with van der Waals surface area (Å²) in [5, 5.41) is 0. The van der Waals surface area contributed by atoms with E-state index in [0.29, 0.717) is 12.4 Å². The molecular formula is C14H17FO4. The number of carbonyl (C=O) groups is 2. The first-order valence-corrected chi connectivity index (χ1v) is 6.07. The molecule has 0 aliphatic rings. The Morgan fingerprint density at radius 3 is 2.26 bits per heavy atom. The molecule has 19 heavy (non-hydrogen) atoms. The fraction of sp³-hybridized carbons (Fsp3) is 0.429. The van der Waals surface area contributed by atoms with Crippen molar-refractivity contribution in [2.45, 2.75) is 33.0 Å². The SMILES string of the molecule is CCOc1ccc(C(=O)C(F)C(=O)OC(C)C)cc1. The van der Waals surface area contributed by atoms with Gasteiger partial charge in [0, 0.05) is 5.56 Å². The first kappa shape index (κ1) is 15.1. The molecule has 0 saturated heterocycles. The van der Waals surface area contributed by atoms with Crippen molar-refractivity contribution in [3.05, 3.63) is 29.8 Å². The van der Waals surface area contributed by atoms with Crippen LogP contribution in [0.3, 0.4) is 0 Å². The predicted octanol–water partition coefficient (Wildman–Crippen LogP) is 2.56. The number of carbonyl (C=O) groups excluding carboxylic acids is 2. The molecule has 1 aromatic rings. The molecule has 104 valence electrons. The van der Waals surface area contributed by atoms with Crippen molar-refractivity contribution in [3.63, 3.8) is 0 Å². The zero-order valence-corrected chi connectivity index (χ0v) is 11.2. The van der Waals surface area contributed by atoms with Gasteiger partial charge in [-0.05, 0) is 45.0 Å². The lowest BCUT2D eigenvalue weighted by molar-refractivity contribution is -0.151. The maximum Gasteiger partial charge on any atom is 0.349 e. The van der Waals surface area contributed by atoms with Crippen LogP contribution in [0.5, 0.6) is 5.75 Å². The number of ketones is 1. The molecule has 0 spiro atoms. The van der Waals surface area contributed by atoms with Gasteiger partial charge in [0.1, 0.15) is 5.75 Å². The van der Waals surface area contributed by atoms with E-state index in [1.54, 1.807) is 26.0 Å². The molecule has 0 aliphatic carbocycles. The van der Waals surface area contributed by atoms with Crippen molar-refractivity contribution in [1.82, 2.24) is 0 Å². The van der Waals surface area contributed by atoms with Crippen molar-refractivity contribution in [2.24, 2.45) is 0 Å². The average molecular weight is 268 g/mol. The quantitative estimate of drug-likeness (QED) is 0.452. The summed E-state index contributed by atoms with van der Waals surface area (Å²) >= 11 is 0. The third-order valence-corrected chi connectivity index (χ3v) is 2.24. The molecule has 0 heterocycles. The lowest BCUT2D eigenvalue weighted by Gasteiger charge is -2.11. The summed E-state index contributed by atoms with van der Waals surface area (Å²) in [7, 11) is 0. The maximum atomic E-state index is 13.6. The van der Waals surface area contributed by atoms with Crippen LogP contribution in [0, 0.1) is 0 Å². The molecule has 0 saturated carbocycles. The second kappa shape index (κ2) is 6.87. The van der Waals surface area contributed by atoms with Gasteiger partial charge in [-0.2, -0.15) is 0 Å². The van der Waals surface area contributed by atoms with Crippen LogP contribution in [0.15, 0.2) is 24.3 Å². The third-order valence-electron chi connectivity index (χ3n) is 2.24. The van der Waals surface area contributed by atoms with Crippen LogP contribution in [0.4, 0.5) is 4.39 Å². The zero-order chi connectivity index (χ0) is 14.4. The van der Waals surface area contributed by atoms with Crippen LogP contribution < -0.4 is 4.74 Å². The highest BCUT2D eigenvalue weighted by Crippen LogP contribution is 2.15. The normalized spacial score (nSPS) is 12.1. The van der Waals surface area contributed by atoms with Crippen LogP contribution in [0.1, 0.15) is 31.1 Å². The minimum absolute atomic E-state index is 0.108. The standard InChI is InChI=1S/C14H17FO4/c1-4-18-11-7-5-10(6-8-11)13(16)12(15)14(17)19-9(2)3/h5-9,12H,4H2,1-3H3. The van der Waals surface area contributed by atoms with Crippen LogP contribution >= 0.6 is 0 Å². The number of hydrogen-bond donors (Lipinski definition) is 0. The highest BCUT2D eigenvalue weighted by Gasteiger charge is 2.29. The molecule has 4 nitrogen and oxygen atoms in total. The molecule has 1 aromatic carbocycles. The fourth-order valence-corrected chi connectivity index (χ4v) is 1.43. The minimum atomic E-state index is -2.29. The molecule has 0 fully saturated rings. The number of rotatable bonds is 6. The molecule has 0 aromatic heterocycles. The number of benzene rings is 1. The maximum absolute atomic E-state index is 13.6. The van der Waals surface area contributed by atoms with Crippen LogP contribution in [0.25, 0.3) is 0 Å². The summed E-state index contributed by atoms with van der Waals surface area (Å²) in [4.78, 5) is 23.0. The average Bonchev–Trinajstić information content (AvgIpc) is 2.37. The lowest BCUT2D eigenvalue weighted by atomic mass is 10.1. The Morgan fingerprint density at radius 1 is 1.21 bits per heavy atom. The number of halogens is 1. The lowest BCUT2D eigenvalue weighted by Crippen LogP contribution is -2.29. The summed E-state index contributed by atoms with van der Waals surface area (Å²) in [6.45, 7) is 5.51. The molecule has 1 rings (SSSR count). The molecule has 5 heteroatoms. The first-order chi connectivity index (χ1) is 8.95. The number of alkyl halides is 1. The molecular weight excluding hydrogens is 251 g/mol. The monoisotopic (exact) mass is 268 g/mol. The van der Waals surface area contributed by atoms with Gasteiger partial charge >= 0.3 is 5.97 Å². The molecule has 0 aliphatic heterocycles. The van der Waals surface area contributed by atoms with E-state index in [1.165, 1.54) is 12.1 Å². The smallest absolute Gasteiger partial charge is 0.349 e. The summed E-state index contributed by atoms with van der Waals surface area (Å²) in [5.74, 6) is -1.48. The van der Waals surface area contributed by atoms with Gasteiger partial charge < -0.3 is 9.47 Å². The van der Waals surface area contributed by atoms with Gasteiger partial charge in [-0.1, -0.05) is 0 Å². The first-order valence-electron chi connectivity index (χ1n) is 6.07. The molecule has 0 amide bonds. The number of esters is 1. The highest BCUT2D eigenvalue weighted by molar-refractivity contribution is 6.11. The minimum Gasteiger partial charge on any atom is -0.494 e. The van der Waals surface area contributed by atoms with Gasteiger partial charge in [0.2, 0.25) is 5.78 Å². The zero-order valence-electron chi connectivity index (χ0n) is 11.2. The molecule has 0 bridgehead atoms. The Morgan fingerprint density at radius 2 is 1.79 bits per heavy atom. The fourth-order valence-electron chi connectivity index (χ4n) is 1.43. The number of hydrogen-bond acceptors (Lipinski definition) is 4. The summed E-state index contributed by atoms with van der Waals surface area (Å²) in [5.41, 5.74) is 0.108. The van der Waals surface area contributed by atoms with Crippen molar-refractivity contribution in [3.8, 4) is 5.75 Å². The van der Waals surface area contributed by atoms with E-state index in [4.69, 9.17) is 4.74 Å². The van der Waals surface area contributed by atoms with E-state index < -0.39 is 24.0 Å². The molecule has 0 N–H and O–H groups in total. The number of ether oxygens (including phenoxy) is 2. The van der Waals surface area contributed by atoms with Gasteiger partial charge in [-0.3, -0.25) is 4.79 Å². The predicted molar refractivity (Wildman–Crippen MR) is 68.1 cm³/mol. The van der Waals surface area contributed by atoms with Gasteiger partial charge in [0.25, 0.3) is 6.17 Å². The second-order valence-electron chi connectivity index (χ2n) is 4.17. The summed E-state index contributed by atoms with van der Waals surface area (Å²) in [6.07, 6.45) is -2.75. The van der Waals surface area contributed by atoms with Crippen molar-refractivity contribution in [1.29, 1.82) is 0 Å². The van der Waals surface area contributed by atoms with E-state index in [0.717, 1.165) is 0 Å². The van der Waals surface area contributed by atoms with E-state index >= 15 is 0 Å². The topological polar surface area (TPSA) is 52.6 Å². The van der Waals surface area contributed by atoms with E-state index in [1.807, 2.05) is 6.92 Å². The molecule has 1 unspecified atom stereocenters. The third kappa shape index (κ3) is 4.35. The van der Waals surface area contributed by atoms with E-state index in [2.05, 4.69) is 4.74 Å². The van der Waals surface area contributed by atoms with Crippen molar-refractivity contribution in [2.75, 3.05) is 6.61 Å². The Hall–Kier alpha value is -1.91. The summed E-state index contributed by atoms with van der Waals surface area (Å²) < 4.78 is 23.5. The Labute approximate surface area is 111 Å².